The maximum absolute atomic E-state index is 12.6. The van der Waals surface area contributed by atoms with E-state index in [2.05, 4.69) is 31.9 Å². The number of nitrogens with zero attached hydrogens (tertiary/aromatic N) is 1. The van der Waals surface area contributed by atoms with Crippen LogP contribution in [-0.2, 0) is 17.9 Å². The minimum atomic E-state index is -0.774. The van der Waals surface area contributed by atoms with Crippen LogP contribution in [0, 0.1) is 0 Å². The maximum atomic E-state index is 12.6. The van der Waals surface area contributed by atoms with Crippen molar-refractivity contribution in [3.63, 3.8) is 0 Å². The van der Waals surface area contributed by atoms with Crippen LogP contribution >= 0.6 is 31.9 Å². The molecule has 1 aromatic carbocycles. The van der Waals surface area contributed by atoms with Crippen molar-refractivity contribution in [2.24, 2.45) is 0 Å². The molecular formula is C20H23Br2NO5. The van der Waals surface area contributed by atoms with E-state index in [4.69, 9.17) is 14.6 Å². The minimum Gasteiger partial charge on any atom is -0.497 e. The largest absolute Gasteiger partial charge is 0.497 e. The molecule has 0 bridgehead atoms. The van der Waals surface area contributed by atoms with Crippen molar-refractivity contribution in [1.29, 1.82) is 0 Å². The van der Waals surface area contributed by atoms with Crippen molar-refractivity contribution < 1.29 is 19.4 Å². The summed E-state index contributed by atoms with van der Waals surface area (Å²) in [4.78, 5) is 23.2. The Morgan fingerprint density at radius 3 is 2.50 bits per heavy atom. The Bertz CT molecular complexity index is 866. The standard InChI is InChI=1S/C20H23Br2NO5/c1-27-14-7-6-8-15(11-14)28-13-18-16(21)12-17(22)20(26)23(18)10-5-3-2-4-9-19(24)25/h6-8,11-12H,2-5,9-10,13H2,1H3,(H,24,25). The van der Waals surface area contributed by atoms with E-state index in [1.807, 2.05) is 18.2 Å². The molecule has 0 aliphatic carbocycles. The van der Waals surface area contributed by atoms with Crippen LogP contribution in [0.1, 0.15) is 37.8 Å². The number of rotatable bonds is 11. The molecule has 0 aliphatic rings. The topological polar surface area (TPSA) is 77.8 Å². The van der Waals surface area contributed by atoms with Crippen LogP contribution in [0.15, 0.2) is 44.1 Å². The number of benzene rings is 1. The number of carbonyl (C=O) groups is 1. The molecule has 8 heteroatoms. The van der Waals surface area contributed by atoms with E-state index in [1.165, 1.54) is 0 Å². The third kappa shape index (κ3) is 6.67. The second kappa shape index (κ2) is 11.3. The number of aliphatic carboxylic acids is 1. The highest BCUT2D eigenvalue weighted by Crippen LogP contribution is 2.24. The molecule has 0 saturated heterocycles. The third-order valence-electron chi connectivity index (χ3n) is 4.24. The SMILES string of the molecule is COc1cccc(OCc2c(Br)cc(Br)c(=O)n2CCCCCCC(=O)O)c1. The highest BCUT2D eigenvalue weighted by atomic mass is 79.9. The number of hydrogen-bond donors (Lipinski definition) is 1. The first-order valence-corrected chi connectivity index (χ1v) is 10.6. The Morgan fingerprint density at radius 1 is 1.07 bits per heavy atom. The van der Waals surface area contributed by atoms with E-state index in [-0.39, 0.29) is 18.6 Å². The molecule has 0 amide bonds. The van der Waals surface area contributed by atoms with Gasteiger partial charge in [-0.25, -0.2) is 0 Å². The first-order chi connectivity index (χ1) is 13.4. The zero-order valence-corrected chi connectivity index (χ0v) is 18.8. The first kappa shape index (κ1) is 22.5. The van der Waals surface area contributed by atoms with E-state index >= 15 is 0 Å². The monoisotopic (exact) mass is 515 g/mol. The summed E-state index contributed by atoms with van der Waals surface area (Å²) in [5.74, 6) is 0.581. The van der Waals surface area contributed by atoms with E-state index in [0.717, 1.165) is 29.4 Å². The Balaban J connectivity index is 2.06. The summed E-state index contributed by atoms with van der Waals surface area (Å²) in [6.07, 6.45) is 3.31. The Labute approximate surface area is 180 Å². The van der Waals surface area contributed by atoms with Crippen LogP contribution in [-0.4, -0.2) is 22.8 Å². The van der Waals surface area contributed by atoms with Crippen LogP contribution in [0.3, 0.4) is 0 Å². The van der Waals surface area contributed by atoms with Gasteiger partial charge in [-0.05, 0) is 62.9 Å². The zero-order chi connectivity index (χ0) is 20.5. The number of halogens is 2. The molecule has 152 valence electrons. The van der Waals surface area contributed by atoms with Crippen molar-refractivity contribution in [2.75, 3.05) is 7.11 Å². The van der Waals surface area contributed by atoms with Gasteiger partial charge in [-0.1, -0.05) is 18.9 Å². The van der Waals surface area contributed by atoms with Gasteiger partial charge >= 0.3 is 5.97 Å². The fourth-order valence-corrected chi connectivity index (χ4v) is 4.07. The summed E-state index contributed by atoms with van der Waals surface area (Å²) in [6.45, 7) is 0.774. The summed E-state index contributed by atoms with van der Waals surface area (Å²) >= 11 is 6.83. The van der Waals surface area contributed by atoms with Gasteiger partial charge in [0.2, 0.25) is 0 Å². The molecule has 1 aromatic heterocycles. The molecule has 1 heterocycles. The van der Waals surface area contributed by atoms with Gasteiger partial charge in [0.05, 0.1) is 17.3 Å². The predicted octanol–water partition coefficient (Wildman–Crippen LogP) is 5.00. The lowest BCUT2D eigenvalue weighted by molar-refractivity contribution is -0.137. The quantitative estimate of drug-likeness (QED) is 0.425. The van der Waals surface area contributed by atoms with E-state index in [0.29, 0.717) is 28.9 Å². The van der Waals surface area contributed by atoms with E-state index in [9.17, 15) is 9.59 Å². The third-order valence-corrected chi connectivity index (χ3v) is 5.50. The lowest BCUT2D eigenvalue weighted by atomic mass is 10.1. The molecule has 2 rings (SSSR count). The molecule has 0 radical (unpaired) electrons. The Morgan fingerprint density at radius 2 is 1.79 bits per heavy atom. The predicted molar refractivity (Wildman–Crippen MR) is 114 cm³/mol. The number of aromatic nitrogens is 1. The highest BCUT2D eigenvalue weighted by molar-refractivity contribution is 9.11. The Hall–Kier alpha value is -1.80. The van der Waals surface area contributed by atoms with Gasteiger partial charge in [0.15, 0.2) is 0 Å². The van der Waals surface area contributed by atoms with E-state index in [1.54, 1.807) is 23.8 Å². The second-order valence-electron chi connectivity index (χ2n) is 6.27. The highest BCUT2D eigenvalue weighted by Gasteiger charge is 2.13. The van der Waals surface area contributed by atoms with E-state index < -0.39 is 5.97 Å². The number of unbranched alkanes of at least 4 members (excludes halogenated alkanes) is 3. The van der Waals surface area contributed by atoms with Crippen LogP contribution in [0.4, 0.5) is 0 Å². The van der Waals surface area contributed by atoms with Crippen LogP contribution in [0.5, 0.6) is 11.5 Å². The van der Waals surface area contributed by atoms with Crippen molar-refractivity contribution in [2.45, 2.75) is 45.3 Å². The fraction of sp³-hybridized carbons (Fsp3) is 0.400. The summed E-state index contributed by atoms with van der Waals surface area (Å²) in [6, 6.07) is 9.03. The average molecular weight is 517 g/mol. The number of methoxy groups -OCH3 is 1. The van der Waals surface area contributed by atoms with Gasteiger partial charge in [-0.3, -0.25) is 9.59 Å². The molecule has 0 saturated carbocycles. The molecule has 0 fully saturated rings. The number of pyridine rings is 1. The van der Waals surface area contributed by atoms with Crippen LogP contribution < -0.4 is 15.0 Å². The Kier molecular flexibility index (Phi) is 9.05. The van der Waals surface area contributed by atoms with Gasteiger partial charge in [0.1, 0.15) is 18.1 Å². The van der Waals surface area contributed by atoms with Crippen LogP contribution in [0.2, 0.25) is 0 Å². The number of ether oxygens (including phenoxy) is 2. The van der Waals surface area contributed by atoms with Crippen molar-refractivity contribution in [1.82, 2.24) is 4.57 Å². The molecule has 2 aromatic rings. The zero-order valence-electron chi connectivity index (χ0n) is 15.6. The van der Waals surface area contributed by atoms with Crippen molar-refractivity contribution in [3.8, 4) is 11.5 Å². The molecule has 0 unspecified atom stereocenters. The summed E-state index contributed by atoms with van der Waals surface area (Å²) in [5.41, 5.74) is 0.638. The first-order valence-electron chi connectivity index (χ1n) is 8.98. The lowest BCUT2D eigenvalue weighted by Gasteiger charge is -2.16. The fourth-order valence-electron chi connectivity index (χ4n) is 2.76. The molecule has 0 aliphatic heterocycles. The number of carboxylic acids is 1. The smallest absolute Gasteiger partial charge is 0.303 e. The minimum absolute atomic E-state index is 0.113. The van der Waals surface area contributed by atoms with Crippen molar-refractivity contribution >= 4 is 37.8 Å². The van der Waals surface area contributed by atoms with Gasteiger partial charge < -0.3 is 19.1 Å². The lowest BCUT2D eigenvalue weighted by Crippen LogP contribution is -2.25. The average Bonchev–Trinajstić information content (AvgIpc) is 2.67. The molecular weight excluding hydrogens is 494 g/mol. The van der Waals surface area contributed by atoms with Crippen molar-refractivity contribution in [3.05, 3.63) is 55.3 Å². The van der Waals surface area contributed by atoms with Gasteiger partial charge in [-0.2, -0.15) is 0 Å². The number of hydrogen-bond acceptors (Lipinski definition) is 4. The summed E-state index contributed by atoms with van der Waals surface area (Å²) < 4.78 is 14.0. The normalized spacial score (nSPS) is 10.7. The molecule has 1 N–H and O–H groups in total. The van der Waals surface area contributed by atoms with Gasteiger partial charge in [-0.15, -0.1) is 0 Å². The summed E-state index contributed by atoms with van der Waals surface area (Å²) in [5, 5.41) is 8.69. The maximum Gasteiger partial charge on any atom is 0.303 e. The molecule has 0 spiro atoms. The van der Waals surface area contributed by atoms with Gasteiger partial charge in [0.25, 0.3) is 5.56 Å². The molecule has 6 nitrogen and oxygen atoms in total. The van der Waals surface area contributed by atoms with Crippen LogP contribution in [0.25, 0.3) is 0 Å². The number of carboxylic acid groups (broad SMARTS) is 1. The molecule has 0 atom stereocenters. The summed E-state index contributed by atoms with van der Waals surface area (Å²) in [7, 11) is 1.60. The van der Waals surface area contributed by atoms with Gasteiger partial charge in [0, 0.05) is 23.5 Å². The second-order valence-corrected chi connectivity index (χ2v) is 7.98. The molecule has 28 heavy (non-hydrogen) atoms.